The van der Waals surface area contributed by atoms with Crippen molar-refractivity contribution >= 4 is 50.2 Å². The zero-order valence-corrected chi connectivity index (χ0v) is 18.9. The molecule has 162 valence electrons. The van der Waals surface area contributed by atoms with Crippen LogP contribution < -0.4 is 14.2 Å². The summed E-state index contributed by atoms with van der Waals surface area (Å²) < 4.78 is 39.9. The minimum Gasteiger partial charge on any atom is -0.486 e. The lowest BCUT2D eigenvalue weighted by molar-refractivity contribution is 0.171. The molecule has 1 aromatic heterocycles. The van der Waals surface area contributed by atoms with E-state index in [4.69, 9.17) is 21.1 Å². The minimum absolute atomic E-state index is 0.0409. The molecule has 0 saturated heterocycles. The van der Waals surface area contributed by atoms with Gasteiger partial charge in [-0.05, 0) is 48.5 Å². The van der Waals surface area contributed by atoms with Crippen LogP contribution in [0.15, 0.2) is 81.5 Å². The first-order valence-electron chi connectivity index (χ1n) is 9.61. The Hall–Kier alpha value is -3.01. The topological polar surface area (TPSA) is 90.4 Å². The average molecular weight is 486 g/mol. The number of ether oxygens (including phenoxy) is 2. The number of aromatic nitrogens is 2. The van der Waals surface area contributed by atoms with Gasteiger partial charge in [-0.3, -0.25) is 4.72 Å². The second kappa shape index (κ2) is 8.50. The fourth-order valence-corrected chi connectivity index (χ4v) is 5.16. The molecule has 7 nitrogen and oxygen atoms in total. The number of sulfonamides is 1. The monoisotopic (exact) mass is 485 g/mol. The van der Waals surface area contributed by atoms with Crippen molar-refractivity contribution < 1.29 is 17.9 Å². The summed E-state index contributed by atoms with van der Waals surface area (Å²) in [6, 6.07) is 19.0. The molecule has 1 aliphatic rings. The number of anilines is 1. The van der Waals surface area contributed by atoms with E-state index in [1.54, 1.807) is 24.3 Å². The predicted molar refractivity (Wildman–Crippen MR) is 123 cm³/mol. The lowest BCUT2D eigenvalue weighted by Crippen LogP contribution is -2.18. The molecular formula is C22H16ClN3O4S2. The second-order valence-corrected chi connectivity index (χ2v) is 10.0. The SMILES string of the molecule is O=S(=O)(Nc1nc2ccccc2nc1Sc1ccc(Cl)cc1)c1ccc2c(c1)OCCO2. The first-order valence-corrected chi connectivity index (χ1v) is 12.3. The summed E-state index contributed by atoms with van der Waals surface area (Å²) in [5.74, 6) is 1.04. The molecule has 0 spiro atoms. The van der Waals surface area contributed by atoms with E-state index >= 15 is 0 Å². The molecule has 0 unspecified atom stereocenters. The normalized spacial score (nSPS) is 13.2. The molecule has 2 heterocycles. The van der Waals surface area contributed by atoms with E-state index < -0.39 is 10.0 Å². The van der Waals surface area contributed by atoms with Gasteiger partial charge >= 0.3 is 0 Å². The molecule has 0 amide bonds. The number of rotatable bonds is 5. The molecule has 1 aliphatic heterocycles. The number of nitrogens with one attached hydrogen (secondary N) is 1. The Labute approximate surface area is 193 Å². The highest BCUT2D eigenvalue weighted by molar-refractivity contribution is 7.99. The van der Waals surface area contributed by atoms with Gasteiger partial charge in [0.1, 0.15) is 18.2 Å². The zero-order chi connectivity index (χ0) is 22.1. The van der Waals surface area contributed by atoms with Crippen molar-refractivity contribution in [2.45, 2.75) is 14.8 Å². The highest BCUT2D eigenvalue weighted by atomic mass is 35.5. The van der Waals surface area contributed by atoms with Crippen molar-refractivity contribution in [3.63, 3.8) is 0 Å². The number of nitrogens with zero attached hydrogens (tertiary/aromatic N) is 2. The van der Waals surface area contributed by atoms with Crippen molar-refractivity contribution in [1.82, 2.24) is 9.97 Å². The maximum absolute atomic E-state index is 13.2. The van der Waals surface area contributed by atoms with Gasteiger partial charge in [0, 0.05) is 16.0 Å². The first-order chi connectivity index (χ1) is 15.5. The summed E-state index contributed by atoms with van der Waals surface area (Å²) >= 11 is 7.27. The Kier molecular flexibility index (Phi) is 5.54. The third kappa shape index (κ3) is 4.32. The molecule has 4 aromatic rings. The fourth-order valence-electron chi connectivity index (χ4n) is 3.11. The highest BCUT2D eigenvalue weighted by Gasteiger charge is 2.22. The Morgan fingerprint density at radius 1 is 0.875 bits per heavy atom. The first kappa shape index (κ1) is 20.9. The van der Waals surface area contributed by atoms with Crippen LogP contribution in [-0.2, 0) is 10.0 Å². The quantitative estimate of drug-likeness (QED) is 0.425. The molecule has 0 atom stereocenters. The second-order valence-electron chi connectivity index (χ2n) is 6.83. The molecule has 0 fully saturated rings. The Morgan fingerprint density at radius 2 is 1.56 bits per heavy atom. The van der Waals surface area contributed by atoms with E-state index in [0.717, 1.165) is 4.90 Å². The van der Waals surface area contributed by atoms with Crippen molar-refractivity contribution in [2.24, 2.45) is 0 Å². The van der Waals surface area contributed by atoms with E-state index in [9.17, 15) is 8.42 Å². The fraction of sp³-hybridized carbons (Fsp3) is 0.0909. The lowest BCUT2D eigenvalue weighted by atomic mass is 10.3. The number of fused-ring (bicyclic) bond motifs is 2. The summed E-state index contributed by atoms with van der Waals surface area (Å²) in [5.41, 5.74) is 1.24. The molecule has 0 radical (unpaired) electrons. The zero-order valence-electron chi connectivity index (χ0n) is 16.5. The molecule has 5 rings (SSSR count). The van der Waals surface area contributed by atoms with Gasteiger partial charge in [-0.15, -0.1) is 0 Å². The lowest BCUT2D eigenvalue weighted by Gasteiger charge is -2.19. The van der Waals surface area contributed by atoms with Crippen LogP contribution in [0.4, 0.5) is 5.82 Å². The van der Waals surface area contributed by atoms with Crippen LogP contribution in [0.3, 0.4) is 0 Å². The van der Waals surface area contributed by atoms with Gasteiger partial charge in [0.15, 0.2) is 17.3 Å². The third-order valence-corrected chi connectivity index (χ3v) is 7.20. The van der Waals surface area contributed by atoms with Crippen LogP contribution >= 0.6 is 23.4 Å². The van der Waals surface area contributed by atoms with Crippen molar-refractivity contribution in [1.29, 1.82) is 0 Å². The van der Waals surface area contributed by atoms with E-state index in [1.165, 1.54) is 23.9 Å². The molecule has 32 heavy (non-hydrogen) atoms. The number of benzene rings is 3. The summed E-state index contributed by atoms with van der Waals surface area (Å²) in [6.45, 7) is 0.789. The van der Waals surface area contributed by atoms with Crippen molar-refractivity contribution in [3.05, 3.63) is 71.8 Å². The Balaban J connectivity index is 1.54. The smallest absolute Gasteiger partial charge is 0.263 e. The van der Waals surface area contributed by atoms with Gasteiger partial charge in [0.25, 0.3) is 10.0 Å². The predicted octanol–water partition coefficient (Wildman–Crippen LogP) is 5.01. The maximum atomic E-state index is 13.2. The molecule has 3 aromatic carbocycles. The highest BCUT2D eigenvalue weighted by Crippen LogP contribution is 2.36. The van der Waals surface area contributed by atoms with Crippen molar-refractivity contribution in [2.75, 3.05) is 17.9 Å². The standard InChI is InChI=1S/C22H16ClN3O4S2/c23-14-5-7-15(8-6-14)31-22-21(24-17-3-1-2-4-18(17)25-22)26-32(27,28)16-9-10-19-20(13-16)30-12-11-29-19/h1-10,13H,11-12H2,(H,24,26). The number of hydrogen-bond donors (Lipinski definition) is 1. The van der Waals surface area contributed by atoms with Gasteiger partial charge in [-0.2, -0.15) is 0 Å². The van der Waals surface area contributed by atoms with Gasteiger partial charge in [-0.25, -0.2) is 18.4 Å². The van der Waals surface area contributed by atoms with Crippen LogP contribution in [0.25, 0.3) is 11.0 Å². The van der Waals surface area contributed by atoms with Crippen LogP contribution in [-0.4, -0.2) is 31.6 Å². The number of hydrogen-bond acceptors (Lipinski definition) is 7. The van der Waals surface area contributed by atoms with Gasteiger partial charge in [0.2, 0.25) is 0 Å². The molecule has 0 saturated carbocycles. The third-order valence-electron chi connectivity index (χ3n) is 4.62. The van der Waals surface area contributed by atoms with Crippen molar-refractivity contribution in [3.8, 4) is 11.5 Å². The largest absolute Gasteiger partial charge is 0.486 e. The van der Waals surface area contributed by atoms with E-state index in [2.05, 4.69) is 14.7 Å². The molecule has 10 heteroatoms. The maximum Gasteiger partial charge on any atom is 0.263 e. The van der Waals surface area contributed by atoms with Crippen LogP contribution in [0.2, 0.25) is 5.02 Å². The molecule has 1 N–H and O–H groups in total. The summed E-state index contributed by atoms with van der Waals surface area (Å²) in [6.07, 6.45) is 0. The van der Waals surface area contributed by atoms with E-state index in [1.807, 2.05) is 30.3 Å². The number of para-hydroxylation sites is 2. The van der Waals surface area contributed by atoms with E-state index in [0.29, 0.717) is 45.8 Å². The molecule has 0 bridgehead atoms. The Morgan fingerprint density at radius 3 is 2.31 bits per heavy atom. The van der Waals surface area contributed by atoms with Gasteiger partial charge in [0.05, 0.1) is 15.9 Å². The minimum atomic E-state index is -3.96. The van der Waals surface area contributed by atoms with Crippen LogP contribution in [0.5, 0.6) is 11.5 Å². The Bertz CT molecular complexity index is 1410. The van der Waals surface area contributed by atoms with Gasteiger partial charge < -0.3 is 9.47 Å². The van der Waals surface area contributed by atoms with Gasteiger partial charge in [-0.1, -0.05) is 35.5 Å². The van der Waals surface area contributed by atoms with E-state index in [-0.39, 0.29) is 10.7 Å². The average Bonchev–Trinajstić information content (AvgIpc) is 2.80. The summed E-state index contributed by atoms with van der Waals surface area (Å²) in [7, 11) is -3.96. The summed E-state index contributed by atoms with van der Waals surface area (Å²) in [4.78, 5) is 10.1. The molecule has 0 aliphatic carbocycles. The van der Waals surface area contributed by atoms with Crippen LogP contribution in [0, 0.1) is 0 Å². The molecular weight excluding hydrogens is 470 g/mol. The number of halogens is 1. The summed E-state index contributed by atoms with van der Waals surface area (Å²) in [5, 5.41) is 1.03. The van der Waals surface area contributed by atoms with Crippen LogP contribution in [0.1, 0.15) is 0 Å².